The fraction of sp³-hybridized carbons (Fsp3) is 0.464. The van der Waals surface area contributed by atoms with Crippen LogP contribution in [0.25, 0.3) is 0 Å². The molecule has 0 spiro atoms. The highest BCUT2D eigenvalue weighted by Crippen LogP contribution is 2.25. The number of hydrogen-bond acceptors (Lipinski definition) is 6. The summed E-state index contributed by atoms with van der Waals surface area (Å²) >= 11 is 0. The summed E-state index contributed by atoms with van der Waals surface area (Å²) in [5, 5.41) is 0. The van der Waals surface area contributed by atoms with Gasteiger partial charge < -0.3 is 19.1 Å². The minimum Gasteiger partial charge on any atom is -0.445 e. The predicted molar refractivity (Wildman–Crippen MR) is 135 cm³/mol. The Balaban J connectivity index is 1.81. The van der Waals surface area contributed by atoms with Crippen LogP contribution in [-0.2, 0) is 32.2 Å². The Bertz CT molecular complexity index is 1010. The smallest absolute Gasteiger partial charge is 0.410 e. The molecule has 36 heavy (non-hydrogen) atoms. The van der Waals surface area contributed by atoms with Crippen molar-refractivity contribution >= 4 is 18.0 Å². The number of Topliss-reactive ketones (excluding diaryl/α,β-unsaturated/α-hetero) is 1. The molecular formula is C28H36N2O6. The first-order valence-corrected chi connectivity index (χ1v) is 12.2. The number of benzene rings is 2. The van der Waals surface area contributed by atoms with Crippen molar-refractivity contribution in [3.63, 3.8) is 0 Å². The second-order valence-electron chi connectivity index (χ2n) is 9.99. The SMILES string of the molecule is CC(=O)CO[C@H]1CN(C(=O)OC(C)(C)C)CC[C@H]1N(Cc1ccccc1)C(=O)OCc1ccccc1. The minimum absolute atomic E-state index is 0.110. The molecule has 0 bridgehead atoms. The maximum absolute atomic E-state index is 13.4. The summed E-state index contributed by atoms with van der Waals surface area (Å²) in [6.07, 6.45) is -1.05. The first-order chi connectivity index (χ1) is 17.1. The van der Waals surface area contributed by atoms with Gasteiger partial charge in [0.1, 0.15) is 18.8 Å². The molecule has 1 saturated heterocycles. The zero-order valence-corrected chi connectivity index (χ0v) is 21.5. The molecule has 0 unspecified atom stereocenters. The third kappa shape index (κ3) is 8.37. The average Bonchev–Trinajstić information content (AvgIpc) is 2.84. The van der Waals surface area contributed by atoms with E-state index in [1.165, 1.54) is 6.92 Å². The number of rotatable bonds is 8. The molecule has 1 aliphatic heterocycles. The number of likely N-dealkylation sites (tertiary alicyclic amines) is 1. The summed E-state index contributed by atoms with van der Waals surface area (Å²) in [6.45, 7) is 7.80. The Morgan fingerprint density at radius 2 is 1.58 bits per heavy atom. The molecule has 1 heterocycles. The van der Waals surface area contributed by atoms with Crippen molar-refractivity contribution in [1.29, 1.82) is 0 Å². The Morgan fingerprint density at radius 3 is 2.17 bits per heavy atom. The lowest BCUT2D eigenvalue weighted by Gasteiger charge is -2.43. The monoisotopic (exact) mass is 496 g/mol. The Hall–Kier alpha value is -3.39. The summed E-state index contributed by atoms with van der Waals surface area (Å²) < 4.78 is 17.2. The van der Waals surface area contributed by atoms with E-state index in [0.29, 0.717) is 19.5 Å². The van der Waals surface area contributed by atoms with Crippen LogP contribution in [-0.4, -0.2) is 65.2 Å². The van der Waals surface area contributed by atoms with E-state index in [0.717, 1.165) is 11.1 Å². The molecule has 2 aromatic carbocycles. The lowest BCUT2D eigenvalue weighted by atomic mass is 9.99. The van der Waals surface area contributed by atoms with Gasteiger partial charge in [-0.2, -0.15) is 0 Å². The van der Waals surface area contributed by atoms with Gasteiger partial charge >= 0.3 is 12.2 Å². The summed E-state index contributed by atoms with van der Waals surface area (Å²) in [4.78, 5) is 41.1. The van der Waals surface area contributed by atoms with E-state index in [1.807, 2.05) is 81.4 Å². The van der Waals surface area contributed by atoms with Crippen LogP contribution in [0.1, 0.15) is 45.2 Å². The highest BCUT2D eigenvalue weighted by molar-refractivity contribution is 5.76. The molecular weight excluding hydrogens is 460 g/mol. The predicted octanol–water partition coefficient (Wildman–Crippen LogP) is 4.81. The van der Waals surface area contributed by atoms with Crippen LogP contribution in [0, 0.1) is 0 Å². The number of amides is 2. The number of ether oxygens (including phenoxy) is 3. The van der Waals surface area contributed by atoms with Crippen LogP contribution >= 0.6 is 0 Å². The van der Waals surface area contributed by atoms with Crippen molar-refractivity contribution in [1.82, 2.24) is 9.80 Å². The van der Waals surface area contributed by atoms with E-state index in [-0.39, 0.29) is 25.5 Å². The van der Waals surface area contributed by atoms with Crippen molar-refractivity contribution in [3.8, 4) is 0 Å². The fourth-order valence-electron chi connectivity index (χ4n) is 4.04. The van der Waals surface area contributed by atoms with E-state index in [2.05, 4.69) is 0 Å². The highest BCUT2D eigenvalue weighted by atomic mass is 16.6. The molecule has 194 valence electrons. The maximum atomic E-state index is 13.4. The molecule has 1 aliphatic rings. The van der Waals surface area contributed by atoms with Gasteiger partial charge in [-0.05, 0) is 45.2 Å². The molecule has 3 rings (SSSR count). The van der Waals surface area contributed by atoms with Crippen LogP contribution in [0.3, 0.4) is 0 Å². The number of ketones is 1. The van der Waals surface area contributed by atoms with Gasteiger partial charge in [0.25, 0.3) is 0 Å². The van der Waals surface area contributed by atoms with Gasteiger partial charge in [-0.3, -0.25) is 9.69 Å². The molecule has 2 atom stereocenters. The average molecular weight is 497 g/mol. The van der Waals surface area contributed by atoms with Crippen LogP contribution in [0.5, 0.6) is 0 Å². The Labute approximate surface area is 213 Å². The second kappa shape index (κ2) is 12.5. The first-order valence-electron chi connectivity index (χ1n) is 12.2. The zero-order chi connectivity index (χ0) is 26.1. The molecule has 0 saturated carbocycles. The number of carbonyl (C=O) groups excluding carboxylic acids is 3. The Morgan fingerprint density at radius 1 is 0.972 bits per heavy atom. The molecule has 8 heteroatoms. The van der Waals surface area contributed by atoms with E-state index < -0.39 is 29.9 Å². The van der Waals surface area contributed by atoms with Gasteiger partial charge in [0.15, 0.2) is 5.78 Å². The molecule has 0 radical (unpaired) electrons. The van der Waals surface area contributed by atoms with Crippen LogP contribution in [0.15, 0.2) is 60.7 Å². The minimum atomic E-state index is -0.635. The molecule has 1 fully saturated rings. The standard InChI is InChI=1S/C28H36N2O6/c1-21(31)19-34-25-18-29(26(32)36-28(2,3)4)16-15-24(25)30(17-22-11-7-5-8-12-22)27(33)35-20-23-13-9-6-10-14-23/h5-14,24-25H,15-20H2,1-4H3/t24-,25+/m1/s1. The third-order valence-electron chi connectivity index (χ3n) is 5.71. The topological polar surface area (TPSA) is 85.4 Å². The van der Waals surface area contributed by atoms with E-state index >= 15 is 0 Å². The zero-order valence-electron chi connectivity index (χ0n) is 21.5. The summed E-state index contributed by atoms with van der Waals surface area (Å²) in [7, 11) is 0. The van der Waals surface area contributed by atoms with E-state index in [4.69, 9.17) is 14.2 Å². The summed E-state index contributed by atoms with van der Waals surface area (Å²) in [6, 6.07) is 18.7. The Kier molecular flexibility index (Phi) is 9.47. The summed E-state index contributed by atoms with van der Waals surface area (Å²) in [5.74, 6) is -0.135. The van der Waals surface area contributed by atoms with Gasteiger partial charge in [-0.1, -0.05) is 60.7 Å². The second-order valence-corrected chi connectivity index (χ2v) is 9.99. The van der Waals surface area contributed by atoms with Gasteiger partial charge in [0, 0.05) is 13.1 Å². The maximum Gasteiger partial charge on any atom is 0.410 e. The molecule has 2 aromatic rings. The molecule has 0 aromatic heterocycles. The highest BCUT2D eigenvalue weighted by Gasteiger charge is 2.39. The van der Waals surface area contributed by atoms with Crippen LogP contribution in [0.4, 0.5) is 9.59 Å². The lowest BCUT2D eigenvalue weighted by molar-refractivity contribution is -0.127. The fourth-order valence-corrected chi connectivity index (χ4v) is 4.04. The third-order valence-corrected chi connectivity index (χ3v) is 5.71. The lowest BCUT2D eigenvalue weighted by Crippen LogP contribution is -2.58. The molecule has 8 nitrogen and oxygen atoms in total. The van der Waals surface area contributed by atoms with E-state index in [1.54, 1.807) is 9.80 Å². The number of nitrogens with zero attached hydrogens (tertiary/aromatic N) is 2. The molecule has 2 amide bonds. The van der Waals surface area contributed by atoms with Gasteiger partial charge in [-0.25, -0.2) is 9.59 Å². The van der Waals surface area contributed by atoms with E-state index in [9.17, 15) is 14.4 Å². The van der Waals surface area contributed by atoms with Crippen molar-refractivity contribution in [2.75, 3.05) is 19.7 Å². The van der Waals surface area contributed by atoms with Crippen molar-refractivity contribution in [3.05, 3.63) is 71.8 Å². The normalized spacial score (nSPS) is 17.8. The quantitative estimate of drug-likeness (QED) is 0.522. The largest absolute Gasteiger partial charge is 0.445 e. The number of carbonyl (C=O) groups is 3. The van der Waals surface area contributed by atoms with Crippen LogP contribution in [0.2, 0.25) is 0 Å². The number of hydrogen-bond donors (Lipinski definition) is 0. The van der Waals surface area contributed by atoms with Gasteiger partial charge in [-0.15, -0.1) is 0 Å². The summed E-state index contributed by atoms with van der Waals surface area (Å²) in [5.41, 5.74) is 1.19. The van der Waals surface area contributed by atoms with Crippen molar-refractivity contribution < 1.29 is 28.6 Å². The van der Waals surface area contributed by atoms with Gasteiger partial charge in [0.05, 0.1) is 18.7 Å². The van der Waals surface area contributed by atoms with Gasteiger partial charge in [0.2, 0.25) is 0 Å². The van der Waals surface area contributed by atoms with Crippen molar-refractivity contribution in [2.24, 2.45) is 0 Å². The first kappa shape index (κ1) is 27.2. The van der Waals surface area contributed by atoms with Crippen molar-refractivity contribution in [2.45, 2.75) is 65.0 Å². The molecule has 0 N–H and O–H groups in total. The molecule has 0 aliphatic carbocycles. The van der Waals surface area contributed by atoms with Crippen LogP contribution < -0.4 is 0 Å². The number of piperidine rings is 1.